The number of methoxy groups -OCH3 is 2. The van der Waals surface area contributed by atoms with Gasteiger partial charge in [0.15, 0.2) is 5.41 Å². The molecule has 0 fully saturated rings. The van der Waals surface area contributed by atoms with E-state index in [9.17, 15) is 9.59 Å². The van der Waals surface area contributed by atoms with Crippen molar-refractivity contribution in [2.45, 2.75) is 77.4 Å². The Labute approximate surface area is 171 Å². The highest BCUT2D eigenvalue weighted by molar-refractivity contribution is 6.74. The lowest BCUT2D eigenvalue weighted by Gasteiger charge is -2.38. The molecule has 1 aliphatic carbocycles. The molecule has 0 saturated heterocycles. The van der Waals surface area contributed by atoms with Gasteiger partial charge in [0, 0.05) is 18.8 Å². The fourth-order valence-corrected chi connectivity index (χ4v) is 4.55. The summed E-state index contributed by atoms with van der Waals surface area (Å²) in [4.78, 5) is 25.7. The van der Waals surface area contributed by atoms with Gasteiger partial charge >= 0.3 is 11.9 Å². The van der Waals surface area contributed by atoms with Gasteiger partial charge in [0.05, 0.1) is 20.0 Å². The molecule has 6 heteroatoms. The number of hydrogen-bond donors (Lipinski definition) is 0. The minimum absolute atomic E-state index is 0.0564. The summed E-state index contributed by atoms with van der Waals surface area (Å²) in [6.07, 6.45) is 11.2. The zero-order chi connectivity index (χ0) is 21.6. The Hall–Kier alpha value is -1.74. The van der Waals surface area contributed by atoms with Crippen LogP contribution in [0.15, 0.2) is 11.8 Å². The van der Waals surface area contributed by atoms with Crippen molar-refractivity contribution in [1.82, 2.24) is 0 Å². The molecular formula is C22H36O5Si. The third-order valence-electron chi connectivity index (χ3n) is 6.16. The van der Waals surface area contributed by atoms with E-state index in [0.29, 0.717) is 6.42 Å². The summed E-state index contributed by atoms with van der Waals surface area (Å²) < 4.78 is 16.6. The Morgan fingerprint density at radius 2 is 1.75 bits per heavy atom. The summed E-state index contributed by atoms with van der Waals surface area (Å²) in [7, 11) is 0.557. The second kappa shape index (κ2) is 9.64. The zero-order valence-corrected chi connectivity index (χ0v) is 19.5. The van der Waals surface area contributed by atoms with E-state index in [0.717, 1.165) is 25.0 Å². The van der Waals surface area contributed by atoms with E-state index in [2.05, 4.69) is 39.8 Å². The molecule has 1 aliphatic rings. The number of allylic oxidation sites excluding steroid dienone is 2. The molecule has 0 heterocycles. The van der Waals surface area contributed by atoms with Crippen molar-refractivity contribution in [1.29, 1.82) is 0 Å². The first kappa shape index (κ1) is 24.3. The van der Waals surface area contributed by atoms with E-state index in [1.54, 1.807) is 0 Å². The van der Waals surface area contributed by atoms with Gasteiger partial charge in [-0.05, 0) is 43.5 Å². The normalized spacial score (nSPS) is 18.4. The van der Waals surface area contributed by atoms with Crippen molar-refractivity contribution < 1.29 is 23.5 Å². The lowest BCUT2D eigenvalue weighted by molar-refractivity contribution is -0.173. The smallest absolute Gasteiger partial charge is 0.323 e. The molecule has 1 rings (SSSR count). The van der Waals surface area contributed by atoms with Crippen molar-refractivity contribution in [3.63, 3.8) is 0 Å². The van der Waals surface area contributed by atoms with Gasteiger partial charge in [-0.15, -0.1) is 12.3 Å². The topological polar surface area (TPSA) is 61.8 Å². The van der Waals surface area contributed by atoms with Crippen molar-refractivity contribution in [3.05, 3.63) is 11.8 Å². The van der Waals surface area contributed by atoms with E-state index in [-0.39, 0.29) is 23.8 Å². The zero-order valence-electron chi connectivity index (χ0n) is 18.5. The predicted molar refractivity (Wildman–Crippen MR) is 113 cm³/mol. The van der Waals surface area contributed by atoms with Crippen LogP contribution in [0.1, 0.15) is 59.3 Å². The third-order valence-corrected chi connectivity index (χ3v) is 10.5. The molecule has 0 bridgehead atoms. The van der Waals surface area contributed by atoms with Crippen LogP contribution in [0.25, 0.3) is 0 Å². The van der Waals surface area contributed by atoms with Crippen molar-refractivity contribution in [3.8, 4) is 12.3 Å². The lowest BCUT2D eigenvalue weighted by Crippen LogP contribution is -2.47. The number of hydrogen-bond acceptors (Lipinski definition) is 5. The first-order valence-corrected chi connectivity index (χ1v) is 12.9. The third kappa shape index (κ3) is 5.19. The molecular weight excluding hydrogens is 372 g/mol. The number of ether oxygens (including phenoxy) is 2. The fourth-order valence-electron chi connectivity index (χ4n) is 3.42. The maximum Gasteiger partial charge on any atom is 0.323 e. The molecule has 0 aromatic carbocycles. The molecule has 0 amide bonds. The van der Waals surface area contributed by atoms with Crippen LogP contribution >= 0.6 is 0 Å². The second-order valence-electron chi connectivity index (χ2n) is 9.01. The first-order chi connectivity index (χ1) is 13.0. The van der Waals surface area contributed by atoms with Crippen molar-refractivity contribution in [2.75, 3.05) is 14.2 Å². The highest BCUT2D eigenvalue weighted by atomic mass is 28.4. The van der Waals surface area contributed by atoms with Crippen LogP contribution in [0.4, 0.5) is 0 Å². The van der Waals surface area contributed by atoms with Gasteiger partial charge in [-0.25, -0.2) is 0 Å². The van der Waals surface area contributed by atoms with Gasteiger partial charge in [0.25, 0.3) is 0 Å². The van der Waals surface area contributed by atoms with E-state index < -0.39 is 25.7 Å². The van der Waals surface area contributed by atoms with Crippen molar-refractivity contribution >= 4 is 20.3 Å². The fraction of sp³-hybridized carbons (Fsp3) is 0.727. The maximum atomic E-state index is 12.8. The van der Waals surface area contributed by atoms with Gasteiger partial charge in [-0.1, -0.05) is 27.2 Å². The maximum absolute atomic E-state index is 12.8. The quantitative estimate of drug-likeness (QED) is 0.261. The Morgan fingerprint density at radius 3 is 2.21 bits per heavy atom. The SMILES string of the molecule is C#CCCC(C(=O)OC)(C(=O)OC)C1C=C(O[Si](C)(C)C(C)(C)C)CCCC1. The van der Waals surface area contributed by atoms with Crippen LogP contribution in [0.5, 0.6) is 0 Å². The molecule has 158 valence electrons. The summed E-state index contributed by atoms with van der Waals surface area (Å²) in [5.41, 5.74) is -1.44. The minimum Gasteiger partial charge on any atom is -0.547 e. The molecule has 1 unspecified atom stereocenters. The van der Waals surface area contributed by atoms with Crippen LogP contribution in [-0.4, -0.2) is 34.5 Å². The summed E-state index contributed by atoms with van der Waals surface area (Å²) in [6, 6.07) is 0. The van der Waals surface area contributed by atoms with Gasteiger partial charge in [-0.2, -0.15) is 0 Å². The van der Waals surface area contributed by atoms with Crippen LogP contribution in [-0.2, 0) is 23.5 Å². The summed E-state index contributed by atoms with van der Waals surface area (Å²) >= 11 is 0. The number of carbonyl (C=O) groups is 2. The van der Waals surface area contributed by atoms with E-state index in [4.69, 9.17) is 20.3 Å². The van der Waals surface area contributed by atoms with Crippen LogP contribution < -0.4 is 0 Å². The summed E-state index contributed by atoms with van der Waals surface area (Å²) in [6.45, 7) is 11.0. The Bertz CT molecular complexity index is 620. The molecule has 0 aromatic rings. The van der Waals surface area contributed by atoms with E-state index >= 15 is 0 Å². The highest BCUT2D eigenvalue weighted by Gasteiger charge is 2.53. The predicted octanol–water partition coefficient (Wildman–Crippen LogP) is 4.83. The molecule has 0 aliphatic heterocycles. The highest BCUT2D eigenvalue weighted by Crippen LogP contribution is 2.44. The van der Waals surface area contributed by atoms with E-state index in [1.807, 2.05) is 6.08 Å². The molecule has 0 saturated carbocycles. The Morgan fingerprint density at radius 1 is 1.18 bits per heavy atom. The molecule has 5 nitrogen and oxygen atoms in total. The molecule has 28 heavy (non-hydrogen) atoms. The molecule has 0 radical (unpaired) electrons. The molecule has 1 atom stereocenters. The Kier molecular flexibility index (Phi) is 8.37. The number of carbonyl (C=O) groups excluding carboxylic acids is 2. The van der Waals surface area contributed by atoms with Gasteiger partial charge in [-0.3, -0.25) is 9.59 Å². The summed E-state index contributed by atoms with van der Waals surface area (Å²) in [5, 5.41) is 0.0564. The molecule has 0 spiro atoms. The van der Waals surface area contributed by atoms with Crippen LogP contribution in [0.2, 0.25) is 18.1 Å². The average Bonchev–Trinajstić information content (AvgIpc) is 2.86. The summed E-state index contributed by atoms with van der Waals surface area (Å²) in [5.74, 6) is 1.85. The number of terminal acetylenes is 1. The van der Waals surface area contributed by atoms with Gasteiger partial charge < -0.3 is 13.9 Å². The molecule has 0 N–H and O–H groups in total. The van der Waals surface area contributed by atoms with Crippen molar-refractivity contribution in [2.24, 2.45) is 11.3 Å². The Balaban J connectivity index is 3.43. The second-order valence-corrected chi connectivity index (χ2v) is 13.7. The monoisotopic (exact) mass is 408 g/mol. The van der Waals surface area contributed by atoms with Gasteiger partial charge in [0.2, 0.25) is 8.32 Å². The average molecular weight is 409 g/mol. The minimum atomic E-state index is -2.03. The van der Waals surface area contributed by atoms with Crippen LogP contribution in [0.3, 0.4) is 0 Å². The lowest BCUT2D eigenvalue weighted by atomic mass is 9.70. The largest absolute Gasteiger partial charge is 0.547 e. The number of rotatable bonds is 7. The number of esters is 2. The van der Waals surface area contributed by atoms with E-state index in [1.165, 1.54) is 14.2 Å². The molecule has 0 aromatic heterocycles. The first-order valence-electron chi connectivity index (χ1n) is 9.96. The van der Waals surface area contributed by atoms with Crippen LogP contribution in [0, 0.1) is 23.7 Å². The standard InChI is InChI=1S/C22H36O5Si/c1-9-10-15-22(19(23)25-5,20(24)26-6)17-13-11-12-14-18(16-17)27-28(7,8)21(2,3)4/h1,16-17H,10-15H2,2-8H3. The van der Waals surface area contributed by atoms with Gasteiger partial charge in [0.1, 0.15) is 0 Å².